The van der Waals surface area contributed by atoms with Crippen LogP contribution in [0, 0.1) is 17.7 Å². The predicted octanol–water partition coefficient (Wildman–Crippen LogP) is 2.50. The van der Waals surface area contributed by atoms with Gasteiger partial charge in [-0.15, -0.1) is 0 Å². The first-order valence-corrected chi connectivity index (χ1v) is 6.67. The monoisotopic (exact) mass is 252 g/mol. The molecule has 1 saturated carbocycles. The molecule has 0 saturated heterocycles. The van der Waals surface area contributed by atoms with E-state index in [0.29, 0.717) is 18.4 Å². The summed E-state index contributed by atoms with van der Waals surface area (Å²) in [6.45, 7) is 1.90. The van der Waals surface area contributed by atoms with E-state index in [4.69, 9.17) is 10.5 Å². The van der Waals surface area contributed by atoms with E-state index < -0.39 is 0 Å². The van der Waals surface area contributed by atoms with Gasteiger partial charge in [0.2, 0.25) is 0 Å². The summed E-state index contributed by atoms with van der Waals surface area (Å²) in [5.41, 5.74) is 6.57. The summed E-state index contributed by atoms with van der Waals surface area (Å²) in [5, 5.41) is 0. The van der Waals surface area contributed by atoms with Crippen LogP contribution in [0.5, 0.6) is 0 Å². The van der Waals surface area contributed by atoms with Crippen molar-refractivity contribution in [3.05, 3.63) is 29.8 Å². The van der Waals surface area contributed by atoms with Crippen LogP contribution in [0.1, 0.15) is 31.2 Å². The third kappa shape index (κ3) is 3.75. The van der Waals surface area contributed by atoms with E-state index >= 15 is 0 Å². The molecule has 1 aliphatic carbocycles. The summed E-state index contributed by atoms with van der Waals surface area (Å²) < 4.78 is 18.6. The van der Waals surface area contributed by atoms with Crippen LogP contribution >= 0.6 is 0 Å². The second-order valence-corrected chi connectivity index (χ2v) is 5.07. The summed E-state index contributed by atoms with van der Waals surface area (Å²) in [7, 11) is 0. The highest BCUT2D eigenvalue weighted by molar-refractivity contribution is 5.08. The lowest BCUT2D eigenvalue weighted by Crippen LogP contribution is -2.29. The quantitative estimate of drug-likeness (QED) is 0.876. The van der Waals surface area contributed by atoms with Gasteiger partial charge in [0.1, 0.15) is 5.82 Å². The van der Waals surface area contributed by atoms with Gasteiger partial charge in [-0.05, 0) is 42.9 Å². The molecule has 2 unspecified atom stereocenters. The van der Waals surface area contributed by atoms with Gasteiger partial charge in [-0.25, -0.2) is 4.39 Å². The second kappa shape index (κ2) is 6.81. The van der Waals surface area contributed by atoms with Crippen LogP contribution < -0.4 is 5.73 Å². The fourth-order valence-electron chi connectivity index (χ4n) is 2.68. The van der Waals surface area contributed by atoms with Crippen molar-refractivity contribution in [2.24, 2.45) is 17.6 Å². The molecule has 2 N–H and O–H groups in total. The number of rotatable bonds is 5. The lowest BCUT2D eigenvalue weighted by Gasteiger charge is -2.30. The molecule has 1 aromatic rings. The highest BCUT2D eigenvalue weighted by Gasteiger charge is 2.23. The maximum absolute atomic E-state index is 12.9. The van der Waals surface area contributed by atoms with Crippen LogP contribution in [0.25, 0.3) is 0 Å². The third-order valence-corrected chi connectivity index (χ3v) is 3.73. The number of hydrogen-bond acceptors (Lipinski definition) is 3. The Balaban J connectivity index is 1.77. The number of nitrogens with zero attached hydrogens (tertiary/aromatic N) is 1. The zero-order valence-corrected chi connectivity index (χ0v) is 10.6. The van der Waals surface area contributed by atoms with Gasteiger partial charge in [0.15, 0.2) is 0 Å². The molecular weight excluding hydrogens is 231 g/mol. The SMILES string of the molecule is NCC1CCCCC1COCc1cncc(F)c1. The molecule has 0 bridgehead atoms. The van der Waals surface area contributed by atoms with Crippen molar-refractivity contribution in [3.8, 4) is 0 Å². The smallest absolute Gasteiger partial charge is 0.141 e. The Bertz CT molecular complexity index is 373. The molecular formula is C14H21FN2O. The molecule has 0 amide bonds. The molecule has 100 valence electrons. The molecule has 3 nitrogen and oxygen atoms in total. The van der Waals surface area contributed by atoms with Gasteiger partial charge in [-0.1, -0.05) is 12.8 Å². The summed E-state index contributed by atoms with van der Waals surface area (Å²) in [6.07, 6.45) is 7.81. The molecule has 1 fully saturated rings. The van der Waals surface area contributed by atoms with E-state index in [1.807, 2.05) is 0 Å². The van der Waals surface area contributed by atoms with Crippen LogP contribution in [0.2, 0.25) is 0 Å². The summed E-state index contributed by atoms with van der Waals surface area (Å²) >= 11 is 0. The van der Waals surface area contributed by atoms with Gasteiger partial charge in [-0.2, -0.15) is 0 Å². The Kier molecular flexibility index (Phi) is 5.08. The van der Waals surface area contributed by atoms with Crippen molar-refractivity contribution in [1.29, 1.82) is 0 Å². The molecule has 0 aromatic carbocycles. The second-order valence-electron chi connectivity index (χ2n) is 5.07. The van der Waals surface area contributed by atoms with E-state index in [-0.39, 0.29) is 5.82 Å². The van der Waals surface area contributed by atoms with Crippen LogP contribution in [-0.2, 0) is 11.3 Å². The number of hydrogen-bond donors (Lipinski definition) is 1. The van der Waals surface area contributed by atoms with Gasteiger partial charge in [0.05, 0.1) is 19.4 Å². The zero-order chi connectivity index (χ0) is 12.8. The van der Waals surface area contributed by atoms with Crippen molar-refractivity contribution < 1.29 is 9.13 Å². The predicted molar refractivity (Wildman–Crippen MR) is 68.4 cm³/mol. The van der Waals surface area contributed by atoms with E-state index in [1.165, 1.54) is 37.9 Å². The maximum Gasteiger partial charge on any atom is 0.141 e. The molecule has 18 heavy (non-hydrogen) atoms. The first-order valence-electron chi connectivity index (χ1n) is 6.67. The fourth-order valence-corrected chi connectivity index (χ4v) is 2.68. The minimum Gasteiger partial charge on any atom is -0.376 e. The van der Waals surface area contributed by atoms with Crippen molar-refractivity contribution in [2.45, 2.75) is 32.3 Å². The Morgan fingerprint density at radius 1 is 1.28 bits per heavy atom. The van der Waals surface area contributed by atoms with Crippen molar-refractivity contribution in [1.82, 2.24) is 4.98 Å². The van der Waals surface area contributed by atoms with E-state index in [1.54, 1.807) is 6.20 Å². The molecule has 2 atom stereocenters. The Morgan fingerprint density at radius 2 is 2.06 bits per heavy atom. The summed E-state index contributed by atoms with van der Waals surface area (Å²) in [4.78, 5) is 3.81. The fraction of sp³-hybridized carbons (Fsp3) is 0.643. The summed E-state index contributed by atoms with van der Waals surface area (Å²) in [5.74, 6) is 0.836. The molecule has 0 radical (unpaired) electrons. The molecule has 1 heterocycles. The number of halogens is 1. The average molecular weight is 252 g/mol. The lowest BCUT2D eigenvalue weighted by molar-refractivity contribution is 0.0510. The standard InChI is InChI=1S/C14H21FN2O/c15-14-5-11(7-17-8-14)9-18-10-13-4-2-1-3-12(13)6-16/h5,7-8,12-13H,1-4,6,9-10,16H2. The van der Waals surface area contributed by atoms with Gasteiger partial charge < -0.3 is 10.5 Å². The van der Waals surface area contributed by atoms with E-state index in [9.17, 15) is 4.39 Å². The van der Waals surface area contributed by atoms with Crippen LogP contribution in [0.4, 0.5) is 4.39 Å². The van der Waals surface area contributed by atoms with Crippen molar-refractivity contribution in [2.75, 3.05) is 13.2 Å². The topological polar surface area (TPSA) is 48.1 Å². The highest BCUT2D eigenvalue weighted by Crippen LogP contribution is 2.29. The van der Waals surface area contributed by atoms with E-state index in [0.717, 1.165) is 18.7 Å². The molecule has 0 spiro atoms. The molecule has 1 aliphatic rings. The summed E-state index contributed by atoms with van der Waals surface area (Å²) in [6, 6.07) is 1.47. The minimum atomic E-state index is -0.311. The number of pyridine rings is 1. The van der Waals surface area contributed by atoms with Gasteiger partial charge in [0.25, 0.3) is 0 Å². The van der Waals surface area contributed by atoms with Crippen LogP contribution in [0.15, 0.2) is 18.5 Å². The zero-order valence-electron chi connectivity index (χ0n) is 10.6. The Morgan fingerprint density at radius 3 is 2.78 bits per heavy atom. The highest BCUT2D eigenvalue weighted by atomic mass is 19.1. The van der Waals surface area contributed by atoms with Gasteiger partial charge in [-0.3, -0.25) is 4.98 Å². The van der Waals surface area contributed by atoms with Crippen molar-refractivity contribution in [3.63, 3.8) is 0 Å². The van der Waals surface area contributed by atoms with Crippen molar-refractivity contribution >= 4 is 0 Å². The minimum absolute atomic E-state index is 0.311. The molecule has 1 aromatic heterocycles. The lowest BCUT2D eigenvalue weighted by atomic mass is 9.80. The molecule has 2 rings (SSSR count). The number of ether oxygens (including phenoxy) is 1. The average Bonchev–Trinajstić information content (AvgIpc) is 2.39. The first kappa shape index (κ1) is 13.4. The van der Waals surface area contributed by atoms with Crippen LogP contribution in [-0.4, -0.2) is 18.1 Å². The largest absolute Gasteiger partial charge is 0.376 e. The van der Waals surface area contributed by atoms with Gasteiger partial charge >= 0.3 is 0 Å². The first-order chi connectivity index (χ1) is 8.79. The Hall–Kier alpha value is -1.00. The molecule has 4 heteroatoms. The maximum atomic E-state index is 12.9. The number of aromatic nitrogens is 1. The van der Waals surface area contributed by atoms with E-state index in [2.05, 4.69) is 4.98 Å². The molecule has 0 aliphatic heterocycles. The Labute approximate surface area is 108 Å². The normalized spacial score (nSPS) is 24.1. The van der Waals surface area contributed by atoms with Gasteiger partial charge in [0, 0.05) is 6.20 Å². The van der Waals surface area contributed by atoms with Crippen LogP contribution in [0.3, 0.4) is 0 Å². The number of nitrogens with two attached hydrogens (primary N) is 1. The third-order valence-electron chi connectivity index (χ3n) is 3.73.